The van der Waals surface area contributed by atoms with Crippen molar-refractivity contribution in [3.05, 3.63) is 64.7 Å². The molecule has 2 aromatic rings. The molecule has 0 saturated heterocycles. The fraction of sp³-hybridized carbons (Fsp3) is 0.444. The predicted molar refractivity (Wildman–Crippen MR) is 140 cm³/mol. The van der Waals surface area contributed by atoms with Crippen molar-refractivity contribution in [1.82, 2.24) is 10.9 Å². The smallest absolute Gasteiger partial charge is 0.306 e. The zero-order chi connectivity index (χ0) is 26.9. The number of carbonyl (C=O) groups excluding carboxylic acids is 2. The van der Waals surface area contributed by atoms with Gasteiger partial charge in [0.05, 0.1) is 6.61 Å². The highest BCUT2D eigenvalue weighted by Gasteiger charge is 2.45. The van der Waals surface area contributed by atoms with Crippen LogP contribution in [0.15, 0.2) is 53.5 Å². The maximum atomic E-state index is 13.3. The van der Waals surface area contributed by atoms with E-state index in [4.69, 9.17) is 30.9 Å². The van der Waals surface area contributed by atoms with Crippen molar-refractivity contribution in [2.24, 2.45) is 4.99 Å². The Balaban J connectivity index is 1.73. The highest BCUT2D eigenvalue weighted by molar-refractivity contribution is 6.31. The number of nitrogens with one attached hydrogen (secondary N) is 2. The van der Waals surface area contributed by atoms with Gasteiger partial charge in [0.15, 0.2) is 5.54 Å². The lowest BCUT2D eigenvalue weighted by Gasteiger charge is -2.24. The number of halogens is 1. The number of amides is 1. The van der Waals surface area contributed by atoms with Crippen molar-refractivity contribution >= 4 is 29.4 Å². The minimum absolute atomic E-state index is 0.00697. The molecule has 9 nitrogen and oxygen atoms in total. The third-order valence-corrected chi connectivity index (χ3v) is 5.83. The number of hydrogen-bond donors (Lipinski definition) is 3. The molecule has 1 amide bonds. The third kappa shape index (κ3) is 8.45. The van der Waals surface area contributed by atoms with Crippen molar-refractivity contribution < 1.29 is 28.9 Å². The Morgan fingerprint density at radius 2 is 1.89 bits per heavy atom. The van der Waals surface area contributed by atoms with Gasteiger partial charge in [-0.25, -0.2) is 10.4 Å². The van der Waals surface area contributed by atoms with E-state index >= 15 is 0 Å². The molecule has 0 aromatic heterocycles. The van der Waals surface area contributed by atoms with Crippen LogP contribution in [-0.4, -0.2) is 53.8 Å². The van der Waals surface area contributed by atoms with Crippen LogP contribution in [0.5, 0.6) is 5.75 Å². The Bertz CT molecular complexity index is 1100. The fourth-order valence-corrected chi connectivity index (χ4v) is 3.78. The molecule has 200 valence electrons. The number of nitrogens with zero attached hydrogens (tertiary/aromatic N) is 1. The first-order valence-electron chi connectivity index (χ1n) is 12.2. The molecule has 1 heterocycles. The average Bonchev–Trinajstić information content (AvgIpc) is 3.29. The lowest BCUT2D eigenvalue weighted by molar-refractivity contribution is -0.155. The van der Waals surface area contributed by atoms with Gasteiger partial charge in [0.2, 0.25) is 5.90 Å². The van der Waals surface area contributed by atoms with Crippen LogP contribution in [0.4, 0.5) is 0 Å². The molecule has 0 aliphatic carbocycles. The second-order valence-corrected chi connectivity index (χ2v) is 10.1. The second kappa shape index (κ2) is 12.9. The summed E-state index contributed by atoms with van der Waals surface area (Å²) in [4.78, 5) is 30.4. The van der Waals surface area contributed by atoms with Crippen LogP contribution in [0.2, 0.25) is 5.02 Å². The Morgan fingerprint density at radius 3 is 2.57 bits per heavy atom. The summed E-state index contributed by atoms with van der Waals surface area (Å²) in [5.74, 6) is 0.0969. The molecule has 0 fully saturated rings. The summed E-state index contributed by atoms with van der Waals surface area (Å²) in [7, 11) is 0. The van der Waals surface area contributed by atoms with Crippen molar-refractivity contribution in [1.29, 1.82) is 0 Å². The lowest BCUT2D eigenvalue weighted by Crippen LogP contribution is -2.51. The van der Waals surface area contributed by atoms with E-state index < -0.39 is 23.0 Å². The Kier molecular flexibility index (Phi) is 9.91. The number of carbonyl (C=O) groups is 2. The molecule has 0 spiro atoms. The molecule has 0 saturated carbocycles. The monoisotopic (exact) mass is 531 g/mol. The summed E-state index contributed by atoms with van der Waals surface area (Å²) in [5, 5.41) is 9.48. The molecule has 1 aliphatic heterocycles. The topological polar surface area (TPSA) is 118 Å². The van der Waals surface area contributed by atoms with Gasteiger partial charge in [0, 0.05) is 36.6 Å². The molecule has 10 heteroatoms. The molecular formula is C27H34ClN3O6. The van der Waals surface area contributed by atoms with Crippen molar-refractivity contribution in [3.8, 4) is 5.75 Å². The van der Waals surface area contributed by atoms with Gasteiger partial charge in [0.25, 0.3) is 5.91 Å². The molecule has 1 aliphatic rings. The molecule has 3 N–H and O–H groups in total. The minimum Gasteiger partial charge on any atom is -0.494 e. The molecule has 0 bridgehead atoms. The highest BCUT2D eigenvalue weighted by atomic mass is 35.5. The first-order valence-corrected chi connectivity index (χ1v) is 12.5. The van der Waals surface area contributed by atoms with Gasteiger partial charge in [-0.05, 0) is 63.1 Å². The first kappa shape index (κ1) is 28.4. The van der Waals surface area contributed by atoms with E-state index in [-0.39, 0.29) is 26.1 Å². The number of aliphatic hydroxyl groups excluding tert-OH is 1. The van der Waals surface area contributed by atoms with Crippen LogP contribution in [0.3, 0.4) is 0 Å². The quantitative estimate of drug-likeness (QED) is 0.218. The summed E-state index contributed by atoms with van der Waals surface area (Å²) in [6.45, 7) is 6.11. The molecule has 3 rings (SSSR count). The molecule has 2 aromatic carbocycles. The van der Waals surface area contributed by atoms with Crippen molar-refractivity contribution in [2.45, 2.75) is 57.7 Å². The first-order chi connectivity index (χ1) is 17.6. The lowest BCUT2D eigenvalue weighted by atomic mass is 9.94. The van der Waals surface area contributed by atoms with E-state index in [1.807, 2.05) is 18.2 Å². The van der Waals surface area contributed by atoms with Crippen LogP contribution in [0.1, 0.15) is 51.2 Å². The number of ether oxygens (including phenoxy) is 3. The zero-order valence-electron chi connectivity index (χ0n) is 21.4. The Morgan fingerprint density at radius 1 is 1.16 bits per heavy atom. The van der Waals surface area contributed by atoms with Crippen molar-refractivity contribution in [2.75, 3.05) is 19.8 Å². The molecule has 0 radical (unpaired) electrons. The Labute approximate surface area is 222 Å². The van der Waals surface area contributed by atoms with Crippen LogP contribution in [-0.2, 0) is 25.6 Å². The second-order valence-electron chi connectivity index (χ2n) is 9.67. The number of esters is 1. The summed E-state index contributed by atoms with van der Waals surface area (Å²) in [5.41, 5.74) is 5.13. The number of aliphatic imine (C=N–C) groups is 1. The average molecular weight is 532 g/mol. The van der Waals surface area contributed by atoms with E-state index in [1.165, 1.54) is 0 Å². The number of rotatable bonds is 12. The maximum Gasteiger partial charge on any atom is 0.306 e. The van der Waals surface area contributed by atoms with Gasteiger partial charge in [0.1, 0.15) is 18.0 Å². The van der Waals surface area contributed by atoms with Gasteiger partial charge < -0.3 is 19.3 Å². The van der Waals surface area contributed by atoms with Gasteiger partial charge in [-0.2, -0.15) is 0 Å². The predicted octanol–water partition coefficient (Wildman–Crippen LogP) is 3.56. The van der Waals surface area contributed by atoms with E-state index in [0.29, 0.717) is 41.8 Å². The number of aliphatic hydroxyl groups is 1. The largest absolute Gasteiger partial charge is 0.494 e. The molecule has 1 atom stereocenters. The summed E-state index contributed by atoms with van der Waals surface area (Å²) < 4.78 is 16.8. The number of hydrazine groups is 1. The number of hydrogen-bond acceptors (Lipinski definition) is 8. The van der Waals surface area contributed by atoms with Crippen LogP contribution >= 0.6 is 11.6 Å². The van der Waals surface area contributed by atoms with E-state index in [2.05, 4.69) is 15.8 Å². The molecule has 0 unspecified atom stereocenters. The fourth-order valence-electron chi connectivity index (χ4n) is 3.58. The SMILES string of the molecule is CC(C)(C)OC(=O)CC[C@@]1(C(=O)NNCc2ccccc2Cl)COC(c2ccc(OCCCO)cc2)=N1. The van der Waals surface area contributed by atoms with Crippen molar-refractivity contribution in [3.63, 3.8) is 0 Å². The van der Waals surface area contributed by atoms with Crippen LogP contribution in [0.25, 0.3) is 0 Å². The van der Waals surface area contributed by atoms with Crippen LogP contribution in [0, 0.1) is 0 Å². The normalized spacial score (nSPS) is 17.1. The molecular weight excluding hydrogens is 498 g/mol. The Hall–Kier alpha value is -3.14. The van der Waals surface area contributed by atoms with Gasteiger partial charge in [-0.1, -0.05) is 29.8 Å². The van der Waals surface area contributed by atoms with Crippen LogP contribution < -0.4 is 15.6 Å². The van der Waals surface area contributed by atoms with E-state index in [9.17, 15) is 9.59 Å². The zero-order valence-corrected chi connectivity index (χ0v) is 22.1. The van der Waals surface area contributed by atoms with Gasteiger partial charge in [-0.15, -0.1) is 0 Å². The summed E-state index contributed by atoms with van der Waals surface area (Å²) >= 11 is 6.20. The van der Waals surface area contributed by atoms with E-state index in [1.54, 1.807) is 51.1 Å². The third-order valence-electron chi connectivity index (χ3n) is 5.46. The molecule has 37 heavy (non-hydrogen) atoms. The van der Waals surface area contributed by atoms with Gasteiger partial charge >= 0.3 is 5.97 Å². The van der Waals surface area contributed by atoms with Gasteiger partial charge in [-0.3, -0.25) is 15.0 Å². The minimum atomic E-state index is -1.32. The summed E-state index contributed by atoms with van der Waals surface area (Å²) in [6.07, 6.45) is 0.637. The summed E-state index contributed by atoms with van der Waals surface area (Å²) in [6, 6.07) is 14.4. The maximum absolute atomic E-state index is 13.3. The van der Waals surface area contributed by atoms with E-state index in [0.717, 1.165) is 5.56 Å². The number of benzene rings is 2. The highest BCUT2D eigenvalue weighted by Crippen LogP contribution is 2.29. The standard InChI is InChI=1S/C27H34ClN3O6/c1-26(2,3)37-23(33)13-14-27(25(34)31-29-17-20-7-4-5-8-22(20)28)18-36-24(30-27)19-9-11-21(12-10-19)35-16-6-15-32/h4-5,7-12,29,32H,6,13-18H2,1-3H3,(H,31,34)/t27-/m0/s1.